The van der Waals surface area contributed by atoms with Crippen molar-refractivity contribution in [3.63, 3.8) is 0 Å². The lowest BCUT2D eigenvalue weighted by molar-refractivity contribution is -0.213. The predicted octanol–water partition coefficient (Wildman–Crippen LogP) is 4.58. The van der Waals surface area contributed by atoms with Gasteiger partial charge in [-0.2, -0.15) is 0 Å². The molecule has 0 radical (unpaired) electrons. The van der Waals surface area contributed by atoms with Crippen molar-refractivity contribution >= 4 is 17.9 Å². The molecule has 0 rings (SSSR count). The van der Waals surface area contributed by atoms with E-state index < -0.39 is 34.8 Å². The minimum Gasteiger partial charge on any atom is -0.465 e. The highest BCUT2D eigenvalue weighted by molar-refractivity contribution is 5.95. The quantitative estimate of drug-likeness (QED) is 0.199. The van der Waals surface area contributed by atoms with E-state index in [1.54, 1.807) is 20.8 Å². The largest absolute Gasteiger partial charge is 0.465 e. The van der Waals surface area contributed by atoms with Crippen LogP contribution in [0.5, 0.6) is 0 Å². The van der Waals surface area contributed by atoms with Gasteiger partial charge in [-0.05, 0) is 38.5 Å². The summed E-state index contributed by atoms with van der Waals surface area (Å²) in [5.41, 5.74) is -4.00. The van der Waals surface area contributed by atoms with Crippen molar-refractivity contribution in [3.05, 3.63) is 0 Å². The Morgan fingerprint density at radius 1 is 0.710 bits per heavy atom. The number of hydrogen-bond donors (Lipinski definition) is 1. The van der Waals surface area contributed by atoms with Crippen LogP contribution in [0.4, 0.5) is 0 Å². The smallest absolute Gasteiger partial charge is 0.340 e. The van der Waals surface area contributed by atoms with Gasteiger partial charge in [0.2, 0.25) is 0 Å². The summed E-state index contributed by atoms with van der Waals surface area (Å²) in [6.07, 6.45) is 4.79. The maximum absolute atomic E-state index is 13.3. The van der Waals surface area contributed by atoms with Crippen LogP contribution in [0.15, 0.2) is 0 Å². The molecule has 7 nitrogen and oxygen atoms in total. The van der Waals surface area contributed by atoms with Crippen molar-refractivity contribution in [2.45, 2.75) is 105 Å². The van der Waals surface area contributed by atoms with Crippen LogP contribution in [0, 0.1) is 11.3 Å². The average Bonchev–Trinajstić information content (AvgIpc) is 2.75. The lowest BCUT2D eigenvalue weighted by Crippen LogP contribution is -2.64. The number of hydrogen-bond acceptors (Lipinski definition) is 7. The molecule has 31 heavy (non-hydrogen) atoms. The Bertz CT molecular complexity index is 542. The highest BCUT2D eigenvalue weighted by atomic mass is 16.6. The molecule has 0 fully saturated rings. The highest BCUT2D eigenvalue weighted by Crippen LogP contribution is 2.47. The monoisotopic (exact) mass is 444 g/mol. The third-order valence-corrected chi connectivity index (χ3v) is 6.04. The second-order valence-electron chi connectivity index (χ2n) is 8.02. The molecule has 0 aliphatic carbocycles. The first-order valence-electron chi connectivity index (χ1n) is 12.0. The molecular weight excluding hydrogens is 400 g/mol. The van der Waals surface area contributed by atoms with Gasteiger partial charge >= 0.3 is 17.9 Å². The van der Waals surface area contributed by atoms with Crippen molar-refractivity contribution in [3.8, 4) is 0 Å². The molecule has 0 bridgehead atoms. The number of carbonyl (C=O) groups excluding carboxylic acids is 3. The summed E-state index contributed by atoms with van der Waals surface area (Å²) in [6, 6.07) is 0. The van der Waals surface area contributed by atoms with Crippen LogP contribution in [0.2, 0.25) is 0 Å². The third kappa shape index (κ3) is 7.19. The van der Waals surface area contributed by atoms with Crippen molar-refractivity contribution in [2.75, 3.05) is 19.8 Å². The second-order valence-corrected chi connectivity index (χ2v) is 8.02. The predicted molar refractivity (Wildman–Crippen MR) is 119 cm³/mol. The van der Waals surface area contributed by atoms with E-state index >= 15 is 0 Å². The van der Waals surface area contributed by atoms with Crippen LogP contribution < -0.4 is 0 Å². The molecule has 0 aliphatic rings. The van der Waals surface area contributed by atoms with E-state index in [4.69, 9.17) is 14.2 Å². The standard InChI is InChI=1S/C24H44O7/c1-7-13-16-29-20(25)19(10-4)24(28,22(27)31-18-15-9-3)23(11-5,12-6)21(26)30-17-14-8-2/h19,28H,7-18H2,1-6H3. The van der Waals surface area contributed by atoms with Crippen molar-refractivity contribution in [1.29, 1.82) is 0 Å². The molecular formula is C24H44O7. The fourth-order valence-corrected chi connectivity index (χ4v) is 3.82. The summed E-state index contributed by atoms with van der Waals surface area (Å²) < 4.78 is 16.2. The number of ether oxygens (including phenoxy) is 3. The van der Waals surface area contributed by atoms with Crippen LogP contribution in [0.3, 0.4) is 0 Å². The summed E-state index contributed by atoms with van der Waals surface area (Å²) in [7, 11) is 0. The van der Waals surface area contributed by atoms with Crippen LogP contribution in [-0.2, 0) is 28.6 Å². The SMILES string of the molecule is CCCCOC(=O)C(CC)C(O)(C(=O)OCCCC)C(CC)(CC)C(=O)OCCCC. The highest BCUT2D eigenvalue weighted by Gasteiger charge is 2.65. The van der Waals surface area contributed by atoms with Gasteiger partial charge in [-0.1, -0.05) is 60.8 Å². The summed E-state index contributed by atoms with van der Waals surface area (Å²) in [5, 5.41) is 11.9. The maximum atomic E-state index is 13.3. The molecule has 0 aromatic carbocycles. The van der Waals surface area contributed by atoms with Crippen molar-refractivity contribution in [2.24, 2.45) is 11.3 Å². The van der Waals surface area contributed by atoms with Gasteiger partial charge in [0.05, 0.1) is 25.7 Å². The average molecular weight is 445 g/mol. The van der Waals surface area contributed by atoms with E-state index in [1.165, 1.54) is 0 Å². The number of esters is 3. The van der Waals surface area contributed by atoms with Crippen molar-refractivity contribution < 1.29 is 33.7 Å². The lowest BCUT2D eigenvalue weighted by Gasteiger charge is -2.45. The Balaban J connectivity index is 6.28. The molecule has 0 heterocycles. The summed E-state index contributed by atoms with van der Waals surface area (Å²) in [6.45, 7) is 11.5. The Labute approximate surface area is 188 Å². The van der Waals surface area contributed by atoms with E-state index in [0.717, 1.165) is 19.3 Å². The van der Waals surface area contributed by atoms with Gasteiger partial charge in [0, 0.05) is 0 Å². The Hall–Kier alpha value is -1.63. The molecule has 0 saturated carbocycles. The van der Waals surface area contributed by atoms with E-state index in [-0.39, 0.29) is 39.1 Å². The first-order chi connectivity index (χ1) is 14.8. The van der Waals surface area contributed by atoms with Gasteiger partial charge < -0.3 is 19.3 Å². The molecule has 0 aliphatic heterocycles. The fraction of sp³-hybridized carbons (Fsp3) is 0.875. The summed E-state index contributed by atoms with van der Waals surface area (Å²) in [5.74, 6) is -3.58. The van der Waals surface area contributed by atoms with Crippen LogP contribution >= 0.6 is 0 Å². The number of carbonyl (C=O) groups is 3. The molecule has 2 unspecified atom stereocenters. The van der Waals surface area contributed by atoms with E-state index in [1.807, 2.05) is 20.8 Å². The zero-order valence-electron chi connectivity index (χ0n) is 20.5. The minimum absolute atomic E-state index is 0.105. The molecule has 182 valence electrons. The number of unbranched alkanes of at least 4 members (excludes halogenated alkanes) is 3. The molecule has 0 aromatic rings. The van der Waals surface area contributed by atoms with E-state index in [2.05, 4.69) is 0 Å². The van der Waals surface area contributed by atoms with Gasteiger partial charge in [0.25, 0.3) is 0 Å². The molecule has 0 amide bonds. The van der Waals surface area contributed by atoms with Gasteiger partial charge in [-0.3, -0.25) is 9.59 Å². The molecule has 0 spiro atoms. The molecule has 0 saturated heterocycles. The maximum Gasteiger partial charge on any atom is 0.340 e. The molecule has 1 N–H and O–H groups in total. The summed E-state index contributed by atoms with van der Waals surface area (Å²) in [4.78, 5) is 39.5. The van der Waals surface area contributed by atoms with Gasteiger partial charge in [0.1, 0.15) is 5.41 Å². The van der Waals surface area contributed by atoms with E-state index in [0.29, 0.717) is 19.3 Å². The van der Waals surface area contributed by atoms with E-state index in [9.17, 15) is 19.5 Å². The number of rotatable bonds is 17. The number of aliphatic hydroxyl groups is 1. The van der Waals surface area contributed by atoms with Crippen LogP contribution in [-0.4, -0.2) is 48.4 Å². The normalized spacial score (nSPS) is 14.4. The van der Waals surface area contributed by atoms with Gasteiger partial charge in [-0.25, -0.2) is 4.79 Å². The zero-order chi connectivity index (χ0) is 23.9. The second kappa shape index (κ2) is 15.2. The molecule has 0 aromatic heterocycles. The Kier molecular flexibility index (Phi) is 14.4. The first-order valence-corrected chi connectivity index (χ1v) is 12.0. The Morgan fingerprint density at radius 2 is 1.13 bits per heavy atom. The van der Waals surface area contributed by atoms with Gasteiger partial charge in [-0.15, -0.1) is 0 Å². The topological polar surface area (TPSA) is 99.1 Å². The fourth-order valence-electron chi connectivity index (χ4n) is 3.82. The molecule has 7 heteroatoms. The zero-order valence-corrected chi connectivity index (χ0v) is 20.5. The van der Waals surface area contributed by atoms with Gasteiger partial charge in [0.15, 0.2) is 5.60 Å². The molecule has 2 atom stereocenters. The van der Waals surface area contributed by atoms with Crippen LogP contribution in [0.25, 0.3) is 0 Å². The van der Waals surface area contributed by atoms with Crippen molar-refractivity contribution in [1.82, 2.24) is 0 Å². The van der Waals surface area contributed by atoms with Crippen LogP contribution in [0.1, 0.15) is 99.3 Å². The Morgan fingerprint density at radius 3 is 1.52 bits per heavy atom. The summed E-state index contributed by atoms with van der Waals surface area (Å²) >= 11 is 0. The minimum atomic E-state index is -2.38. The lowest BCUT2D eigenvalue weighted by atomic mass is 9.61. The third-order valence-electron chi connectivity index (χ3n) is 6.04. The first kappa shape index (κ1) is 29.4.